The highest BCUT2D eigenvalue weighted by Gasteiger charge is 2.38. The van der Waals surface area contributed by atoms with Crippen molar-refractivity contribution in [1.29, 1.82) is 0 Å². The van der Waals surface area contributed by atoms with E-state index in [4.69, 9.17) is 19.8 Å². The predicted molar refractivity (Wildman–Crippen MR) is 109 cm³/mol. The molecule has 35 heavy (non-hydrogen) atoms. The maximum Gasteiger partial charge on any atom is 0.490 e. The van der Waals surface area contributed by atoms with Crippen molar-refractivity contribution in [3.05, 3.63) is 66.0 Å². The first-order valence-corrected chi connectivity index (χ1v) is 9.48. The minimum absolute atomic E-state index is 0.793. The Bertz CT molecular complexity index is 1060. The maximum absolute atomic E-state index is 10.6. The lowest BCUT2D eigenvalue weighted by molar-refractivity contribution is -0.193. The Morgan fingerprint density at radius 3 is 1.97 bits per heavy atom. The van der Waals surface area contributed by atoms with E-state index in [0.717, 1.165) is 30.3 Å². The zero-order valence-corrected chi connectivity index (χ0v) is 18.3. The number of benzene rings is 1. The van der Waals surface area contributed by atoms with Crippen molar-refractivity contribution >= 4 is 11.9 Å². The number of rotatable bonds is 5. The van der Waals surface area contributed by atoms with Gasteiger partial charge in [0.1, 0.15) is 5.82 Å². The molecule has 0 aliphatic carbocycles. The third kappa shape index (κ3) is 10.7. The molecule has 15 heteroatoms. The molecule has 9 nitrogen and oxygen atoms in total. The number of carboxylic acids is 2. The van der Waals surface area contributed by atoms with E-state index in [-0.39, 0.29) is 0 Å². The number of H-pyrrole nitrogens is 1. The number of carbonyl (C=O) groups is 2. The van der Waals surface area contributed by atoms with Crippen molar-refractivity contribution in [2.75, 3.05) is 7.05 Å². The maximum atomic E-state index is 10.6. The van der Waals surface area contributed by atoms with Gasteiger partial charge >= 0.3 is 24.3 Å². The van der Waals surface area contributed by atoms with Crippen molar-refractivity contribution in [2.45, 2.75) is 32.4 Å². The lowest BCUT2D eigenvalue weighted by Crippen LogP contribution is -2.21. The number of hydrogen-bond donors (Lipinski definition) is 3. The van der Waals surface area contributed by atoms with E-state index in [1.54, 1.807) is 6.20 Å². The Morgan fingerprint density at radius 2 is 1.54 bits per heavy atom. The molecule has 0 amide bonds. The third-order valence-electron chi connectivity index (χ3n) is 3.84. The molecule has 0 spiro atoms. The largest absolute Gasteiger partial charge is 0.490 e. The molecule has 3 rings (SSSR count). The highest BCUT2D eigenvalue weighted by Crippen LogP contribution is 2.16. The molecule has 1 aromatic carbocycles. The third-order valence-corrected chi connectivity index (χ3v) is 3.84. The van der Waals surface area contributed by atoms with Crippen LogP contribution in [-0.4, -0.2) is 66.2 Å². The predicted octanol–water partition coefficient (Wildman–Crippen LogP) is 3.80. The van der Waals surface area contributed by atoms with Crippen molar-refractivity contribution in [3.8, 4) is 5.69 Å². The molecule has 0 bridgehead atoms. The summed E-state index contributed by atoms with van der Waals surface area (Å²) in [7, 11) is 2.09. The Hall–Kier alpha value is -3.88. The van der Waals surface area contributed by atoms with Crippen LogP contribution in [0.1, 0.15) is 17.1 Å². The fraction of sp³-hybridized carbons (Fsp3) is 0.300. The van der Waals surface area contributed by atoms with Crippen LogP contribution < -0.4 is 0 Å². The average Bonchev–Trinajstić information content (AvgIpc) is 3.40. The van der Waals surface area contributed by atoms with Gasteiger partial charge in [0.2, 0.25) is 0 Å². The monoisotopic (exact) mass is 509 g/mol. The Labute approximate surface area is 194 Å². The number of aliphatic carboxylic acids is 2. The van der Waals surface area contributed by atoms with Crippen molar-refractivity contribution in [3.63, 3.8) is 0 Å². The average molecular weight is 509 g/mol. The zero-order chi connectivity index (χ0) is 26.8. The highest BCUT2D eigenvalue weighted by molar-refractivity contribution is 5.73. The molecule has 0 saturated heterocycles. The molecular weight excluding hydrogens is 488 g/mol. The molecule has 2 heterocycles. The number of alkyl halides is 6. The van der Waals surface area contributed by atoms with Crippen LogP contribution in [0.2, 0.25) is 0 Å². The minimum atomic E-state index is -5.08. The smallest absolute Gasteiger partial charge is 0.475 e. The standard InChI is InChI=1S/C16H19N5.2C2HF3O2/c1-13-10-17-16(19-13)12-20(2)11-14-6-3-4-7-15(14)21-9-5-8-18-21;2*3-2(4,5)1(6)7/h3-10H,11-12H2,1-2H3,(H,17,19);2*(H,6,7). The Kier molecular flexibility index (Phi) is 10.4. The molecule has 192 valence electrons. The summed E-state index contributed by atoms with van der Waals surface area (Å²) in [6.07, 6.45) is -4.54. The van der Waals surface area contributed by atoms with Crippen molar-refractivity contribution < 1.29 is 46.1 Å². The first-order chi connectivity index (χ1) is 16.1. The van der Waals surface area contributed by atoms with Gasteiger partial charge in [-0.25, -0.2) is 19.3 Å². The fourth-order valence-electron chi connectivity index (χ4n) is 2.43. The number of halogens is 6. The van der Waals surface area contributed by atoms with Crippen molar-refractivity contribution in [2.24, 2.45) is 0 Å². The van der Waals surface area contributed by atoms with Gasteiger partial charge in [-0.15, -0.1) is 0 Å². The van der Waals surface area contributed by atoms with Crippen molar-refractivity contribution in [1.82, 2.24) is 24.6 Å². The number of para-hydroxylation sites is 1. The second-order valence-corrected chi connectivity index (χ2v) is 6.87. The van der Waals surface area contributed by atoms with Gasteiger partial charge in [-0.2, -0.15) is 31.4 Å². The summed E-state index contributed by atoms with van der Waals surface area (Å²) in [5, 5.41) is 18.6. The molecule has 3 N–H and O–H groups in total. The van der Waals surface area contributed by atoms with E-state index in [9.17, 15) is 26.3 Å². The number of hydrogen-bond acceptors (Lipinski definition) is 5. The van der Waals surface area contributed by atoms with Crippen LogP contribution >= 0.6 is 0 Å². The molecule has 0 saturated carbocycles. The first kappa shape index (κ1) is 29.2. The summed E-state index contributed by atoms with van der Waals surface area (Å²) < 4.78 is 65.4. The van der Waals surface area contributed by atoms with Gasteiger partial charge < -0.3 is 15.2 Å². The van der Waals surface area contributed by atoms with E-state index in [1.807, 2.05) is 36.1 Å². The van der Waals surface area contributed by atoms with E-state index < -0.39 is 24.3 Å². The number of aromatic amines is 1. The van der Waals surface area contributed by atoms with Crippen LogP contribution in [0.25, 0.3) is 5.69 Å². The van der Waals surface area contributed by atoms with E-state index in [0.29, 0.717) is 0 Å². The number of nitrogens with one attached hydrogen (secondary N) is 1. The zero-order valence-electron chi connectivity index (χ0n) is 18.3. The fourth-order valence-corrected chi connectivity index (χ4v) is 2.43. The summed E-state index contributed by atoms with van der Waals surface area (Å²) in [5.74, 6) is -4.52. The van der Waals surface area contributed by atoms with Gasteiger partial charge in [-0.1, -0.05) is 18.2 Å². The van der Waals surface area contributed by atoms with Crippen LogP contribution in [0.15, 0.2) is 48.9 Å². The Morgan fingerprint density at radius 1 is 1.00 bits per heavy atom. The summed E-state index contributed by atoms with van der Waals surface area (Å²) in [6.45, 7) is 3.65. The lowest BCUT2D eigenvalue weighted by atomic mass is 10.1. The Balaban J connectivity index is 0.000000362. The quantitative estimate of drug-likeness (QED) is 0.447. The molecular formula is C20H21F6N5O4. The first-order valence-electron chi connectivity index (χ1n) is 9.48. The molecule has 0 aliphatic rings. The van der Waals surface area contributed by atoms with E-state index in [1.165, 1.54) is 5.56 Å². The molecule has 0 radical (unpaired) electrons. The molecule has 0 fully saturated rings. The number of nitrogens with zero attached hydrogens (tertiary/aromatic N) is 4. The van der Waals surface area contributed by atoms with Crippen LogP contribution in [0.5, 0.6) is 0 Å². The SMILES string of the molecule is Cc1cnc(CN(C)Cc2ccccc2-n2cccn2)[nH]1.O=C(O)C(F)(F)F.O=C(O)C(F)(F)F. The van der Waals surface area contributed by atoms with Gasteiger partial charge in [0.15, 0.2) is 0 Å². The molecule has 0 unspecified atom stereocenters. The minimum Gasteiger partial charge on any atom is -0.475 e. The highest BCUT2D eigenvalue weighted by atomic mass is 19.4. The van der Waals surface area contributed by atoms with Crippen LogP contribution in [-0.2, 0) is 22.7 Å². The number of aromatic nitrogens is 4. The lowest BCUT2D eigenvalue weighted by Gasteiger charge is -2.17. The summed E-state index contributed by atoms with van der Waals surface area (Å²) >= 11 is 0. The van der Waals surface area contributed by atoms with Gasteiger partial charge in [0.05, 0.1) is 12.2 Å². The second-order valence-electron chi connectivity index (χ2n) is 6.87. The van der Waals surface area contributed by atoms with Crippen LogP contribution in [0.3, 0.4) is 0 Å². The van der Waals surface area contributed by atoms with Gasteiger partial charge in [-0.05, 0) is 31.7 Å². The van der Waals surface area contributed by atoms with E-state index >= 15 is 0 Å². The molecule has 3 aromatic rings. The molecule has 0 aliphatic heterocycles. The van der Waals surface area contributed by atoms with Crippen LogP contribution in [0, 0.1) is 6.92 Å². The number of carboxylic acid groups (broad SMARTS) is 2. The summed E-state index contributed by atoms with van der Waals surface area (Å²) in [5.41, 5.74) is 3.45. The van der Waals surface area contributed by atoms with E-state index in [2.05, 4.69) is 45.2 Å². The number of imidazole rings is 1. The molecule has 2 aromatic heterocycles. The van der Waals surface area contributed by atoms with Crippen LogP contribution in [0.4, 0.5) is 26.3 Å². The summed E-state index contributed by atoms with van der Waals surface area (Å²) in [4.78, 5) is 27.6. The topological polar surface area (TPSA) is 124 Å². The van der Waals surface area contributed by atoms with Gasteiger partial charge in [0.25, 0.3) is 0 Å². The second kappa shape index (κ2) is 12.5. The molecule has 0 atom stereocenters. The normalized spacial score (nSPS) is 11.2. The summed E-state index contributed by atoms with van der Waals surface area (Å²) in [6, 6.07) is 10.3. The number of aryl methyl sites for hydroxylation is 1. The van der Waals surface area contributed by atoms with Gasteiger partial charge in [-0.3, -0.25) is 4.90 Å². The van der Waals surface area contributed by atoms with Gasteiger partial charge in [0, 0.05) is 30.8 Å².